The Kier molecular flexibility index (Phi) is 2.16. The highest BCUT2D eigenvalue weighted by molar-refractivity contribution is 7.99. The molecule has 3 heteroatoms. The molecule has 2 N–H and O–H groups in total. The predicted molar refractivity (Wildman–Crippen MR) is 42.0 cm³/mol. The number of rotatable bonds is 1. The Morgan fingerprint density at radius 2 is 2.56 bits per heavy atom. The van der Waals surface area contributed by atoms with Crippen LogP contribution in [0.3, 0.4) is 0 Å². The zero-order chi connectivity index (χ0) is 6.85. The van der Waals surface area contributed by atoms with Crippen LogP contribution in [0, 0.1) is 0 Å². The zero-order valence-corrected chi connectivity index (χ0v) is 6.45. The van der Waals surface area contributed by atoms with Crippen molar-refractivity contribution in [3.63, 3.8) is 0 Å². The molecule has 1 atom stereocenters. The minimum absolute atomic E-state index is 0.412. The van der Waals surface area contributed by atoms with Crippen LogP contribution in [0.15, 0.2) is 12.2 Å². The van der Waals surface area contributed by atoms with E-state index in [0.29, 0.717) is 6.04 Å². The Bertz CT molecular complexity index is 124. The number of hydrazine groups is 1. The van der Waals surface area contributed by atoms with Gasteiger partial charge in [-0.3, -0.25) is 5.84 Å². The van der Waals surface area contributed by atoms with Crippen LogP contribution in [-0.4, -0.2) is 22.7 Å². The van der Waals surface area contributed by atoms with Crippen LogP contribution in [0.5, 0.6) is 0 Å². The fraction of sp³-hybridized carbons (Fsp3) is 0.667. The van der Waals surface area contributed by atoms with Crippen LogP contribution in [0.1, 0.15) is 6.92 Å². The molecule has 0 aromatic rings. The van der Waals surface area contributed by atoms with E-state index in [1.807, 2.05) is 23.7 Å². The third-order valence-corrected chi connectivity index (χ3v) is 2.52. The van der Waals surface area contributed by atoms with Crippen LogP contribution < -0.4 is 5.84 Å². The summed E-state index contributed by atoms with van der Waals surface area (Å²) in [5, 5.41) is 1.84. The van der Waals surface area contributed by atoms with E-state index in [-0.39, 0.29) is 0 Å². The molecule has 0 aliphatic carbocycles. The van der Waals surface area contributed by atoms with Gasteiger partial charge in [-0.05, 0) is 6.92 Å². The van der Waals surface area contributed by atoms with E-state index < -0.39 is 0 Å². The van der Waals surface area contributed by atoms with Gasteiger partial charge in [0.2, 0.25) is 0 Å². The van der Waals surface area contributed by atoms with Gasteiger partial charge in [0, 0.05) is 5.75 Å². The maximum atomic E-state index is 5.63. The summed E-state index contributed by atoms with van der Waals surface area (Å²) in [6, 6.07) is 0.412. The molecule has 2 nitrogen and oxygen atoms in total. The average molecular weight is 144 g/mol. The molecule has 0 radical (unpaired) electrons. The molecule has 1 aliphatic heterocycles. The highest BCUT2D eigenvalue weighted by Gasteiger charge is 2.21. The molecule has 52 valence electrons. The third kappa shape index (κ3) is 1.47. The van der Waals surface area contributed by atoms with Gasteiger partial charge in [0.05, 0.1) is 11.9 Å². The molecule has 0 spiro atoms. The molecular weight excluding hydrogens is 132 g/mol. The summed E-state index contributed by atoms with van der Waals surface area (Å²) in [5.74, 6) is 7.68. The minimum atomic E-state index is 0.412. The van der Waals surface area contributed by atoms with Gasteiger partial charge in [0.1, 0.15) is 0 Å². The molecule has 1 rings (SSSR count). The Morgan fingerprint density at radius 1 is 1.89 bits per heavy atom. The molecule has 1 saturated heterocycles. The molecule has 1 fully saturated rings. The van der Waals surface area contributed by atoms with Crippen molar-refractivity contribution in [3.8, 4) is 0 Å². The summed E-state index contributed by atoms with van der Waals surface area (Å²) in [5.41, 5.74) is 1.17. The van der Waals surface area contributed by atoms with Crippen molar-refractivity contribution in [2.75, 3.05) is 11.6 Å². The highest BCUT2D eigenvalue weighted by Crippen LogP contribution is 2.21. The van der Waals surface area contributed by atoms with Crippen molar-refractivity contribution in [2.45, 2.75) is 13.0 Å². The lowest BCUT2D eigenvalue weighted by molar-refractivity contribution is 0.305. The smallest absolute Gasteiger partial charge is 0.0592 e. The highest BCUT2D eigenvalue weighted by atomic mass is 32.2. The van der Waals surface area contributed by atoms with Crippen LogP contribution in [-0.2, 0) is 0 Å². The van der Waals surface area contributed by atoms with Crippen molar-refractivity contribution in [1.82, 2.24) is 5.01 Å². The second-order valence-electron chi connectivity index (χ2n) is 2.38. The van der Waals surface area contributed by atoms with E-state index >= 15 is 0 Å². The number of thioether (sulfide) groups is 1. The van der Waals surface area contributed by atoms with Gasteiger partial charge in [0.15, 0.2) is 0 Å². The zero-order valence-electron chi connectivity index (χ0n) is 5.63. The summed E-state index contributed by atoms with van der Waals surface area (Å²) in [6.07, 6.45) is 0. The third-order valence-electron chi connectivity index (χ3n) is 1.49. The molecule has 0 unspecified atom stereocenters. The van der Waals surface area contributed by atoms with E-state index in [1.165, 1.54) is 5.57 Å². The molecule has 0 bridgehead atoms. The maximum Gasteiger partial charge on any atom is 0.0592 e. The van der Waals surface area contributed by atoms with E-state index in [9.17, 15) is 0 Å². The van der Waals surface area contributed by atoms with Gasteiger partial charge in [-0.25, -0.2) is 5.01 Å². The second kappa shape index (κ2) is 2.73. The first kappa shape index (κ1) is 7.12. The quantitative estimate of drug-likeness (QED) is 0.436. The summed E-state index contributed by atoms with van der Waals surface area (Å²) in [7, 11) is 0. The lowest BCUT2D eigenvalue weighted by Crippen LogP contribution is -2.37. The lowest BCUT2D eigenvalue weighted by Gasteiger charge is -2.16. The predicted octanol–water partition coefficient (Wildman–Crippen LogP) is 0.811. The van der Waals surface area contributed by atoms with Crippen molar-refractivity contribution in [2.24, 2.45) is 5.84 Å². The van der Waals surface area contributed by atoms with E-state index in [1.54, 1.807) is 0 Å². The maximum absolute atomic E-state index is 5.63. The fourth-order valence-electron chi connectivity index (χ4n) is 0.881. The van der Waals surface area contributed by atoms with Crippen molar-refractivity contribution >= 4 is 11.8 Å². The lowest BCUT2D eigenvalue weighted by atomic mass is 10.2. The van der Waals surface area contributed by atoms with Crippen LogP contribution in [0.2, 0.25) is 0 Å². The first-order chi connectivity index (χ1) is 4.22. The molecular formula is C6H12N2S. The number of nitrogens with two attached hydrogens (primary N) is 1. The van der Waals surface area contributed by atoms with E-state index in [4.69, 9.17) is 5.84 Å². The average Bonchev–Trinajstić information content (AvgIpc) is 2.13. The monoisotopic (exact) mass is 144 g/mol. The molecule has 1 heterocycles. The van der Waals surface area contributed by atoms with E-state index in [2.05, 4.69) is 6.58 Å². The molecule has 1 aliphatic rings. The van der Waals surface area contributed by atoms with Crippen LogP contribution in [0.4, 0.5) is 0 Å². The summed E-state index contributed by atoms with van der Waals surface area (Å²) in [6.45, 7) is 5.88. The van der Waals surface area contributed by atoms with Gasteiger partial charge in [-0.2, -0.15) is 0 Å². The molecule has 0 aromatic carbocycles. The summed E-state index contributed by atoms with van der Waals surface area (Å²) < 4.78 is 0. The largest absolute Gasteiger partial charge is 0.267 e. The van der Waals surface area contributed by atoms with Crippen molar-refractivity contribution in [3.05, 3.63) is 12.2 Å². The van der Waals surface area contributed by atoms with Crippen LogP contribution >= 0.6 is 11.8 Å². The van der Waals surface area contributed by atoms with Gasteiger partial charge in [-0.1, -0.05) is 12.2 Å². The van der Waals surface area contributed by atoms with Gasteiger partial charge >= 0.3 is 0 Å². The minimum Gasteiger partial charge on any atom is -0.267 e. The first-order valence-corrected chi connectivity index (χ1v) is 4.12. The van der Waals surface area contributed by atoms with Crippen LogP contribution in [0.25, 0.3) is 0 Å². The molecule has 0 aromatic heterocycles. The second-order valence-corrected chi connectivity index (χ2v) is 3.38. The van der Waals surface area contributed by atoms with Gasteiger partial charge < -0.3 is 0 Å². The Labute approximate surface area is 60.1 Å². The SMILES string of the molecule is C=C(C)[C@@H]1CSCN1N. The first-order valence-electron chi connectivity index (χ1n) is 2.96. The fourth-order valence-corrected chi connectivity index (χ4v) is 2.08. The normalized spacial score (nSPS) is 28.9. The van der Waals surface area contributed by atoms with Crippen molar-refractivity contribution < 1.29 is 0 Å². The summed E-state index contributed by atoms with van der Waals surface area (Å²) >= 11 is 1.86. The van der Waals surface area contributed by atoms with E-state index in [0.717, 1.165) is 11.6 Å². The summed E-state index contributed by atoms with van der Waals surface area (Å²) in [4.78, 5) is 0. The van der Waals surface area contributed by atoms with Gasteiger partial charge in [0.25, 0.3) is 0 Å². The molecule has 0 saturated carbocycles. The standard InChI is InChI=1S/C6H12N2S/c1-5(2)6-3-9-4-8(6)7/h6H,1,3-4,7H2,2H3/t6-/m0/s1. The molecule has 0 amide bonds. The van der Waals surface area contributed by atoms with Crippen molar-refractivity contribution in [1.29, 1.82) is 0 Å². The number of nitrogens with zero attached hydrogens (tertiary/aromatic N) is 1. The Balaban J connectivity index is 2.49. The topological polar surface area (TPSA) is 29.3 Å². The number of hydrogen-bond donors (Lipinski definition) is 1. The Morgan fingerprint density at radius 3 is 2.78 bits per heavy atom. The van der Waals surface area contributed by atoms with Gasteiger partial charge in [-0.15, -0.1) is 11.8 Å². The number of hydrogen-bond acceptors (Lipinski definition) is 3. The Hall–Kier alpha value is 0.01000. The molecule has 9 heavy (non-hydrogen) atoms.